The standard InChI is InChI=1S/C25H21FN2O4/c1-3-32-21-9-5-8-19(15-21)28-24(29)22(16-10-12-20(31-2)13-11-16)23(25(28)30)27-18-7-4-6-17(26)14-18/h4-15,27H,3H2,1-2H3. The molecule has 2 amide bonds. The van der Waals surface area contributed by atoms with E-state index in [4.69, 9.17) is 9.47 Å². The van der Waals surface area contributed by atoms with Crippen molar-refractivity contribution in [3.8, 4) is 11.5 Å². The molecule has 162 valence electrons. The summed E-state index contributed by atoms with van der Waals surface area (Å²) in [6, 6.07) is 19.3. The van der Waals surface area contributed by atoms with Gasteiger partial charge in [-0.25, -0.2) is 9.29 Å². The van der Waals surface area contributed by atoms with Crippen LogP contribution in [0, 0.1) is 5.82 Å². The Morgan fingerprint density at radius 2 is 1.66 bits per heavy atom. The molecule has 7 heteroatoms. The molecule has 0 atom stereocenters. The molecule has 0 saturated heterocycles. The molecule has 1 aliphatic rings. The number of hydrogen-bond acceptors (Lipinski definition) is 5. The normalized spacial score (nSPS) is 13.5. The number of benzene rings is 3. The van der Waals surface area contributed by atoms with Crippen LogP contribution in [0.3, 0.4) is 0 Å². The van der Waals surface area contributed by atoms with E-state index in [-0.39, 0.29) is 11.3 Å². The fourth-order valence-corrected chi connectivity index (χ4v) is 3.50. The highest BCUT2D eigenvalue weighted by molar-refractivity contribution is 6.46. The van der Waals surface area contributed by atoms with Crippen LogP contribution in [0.15, 0.2) is 78.5 Å². The number of imide groups is 1. The second-order valence-electron chi connectivity index (χ2n) is 6.99. The Morgan fingerprint density at radius 1 is 0.906 bits per heavy atom. The van der Waals surface area contributed by atoms with E-state index in [9.17, 15) is 14.0 Å². The maximum Gasteiger partial charge on any atom is 0.282 e. The Labute approximate surface area is 184 Å². The molecule has 0 unspecified atom stereocenters. The summed E-state index contributed by atoms with van der Waals surface area (Å²) in [6.45, 7) is 2.30. The van der Waals surface area contributed by atoms with Gasteiger partial charge in [0.25, 0.3) is 11.8 Å². The van der Waals surface area contributed by atoms with Gasteiger partial charge in [-0.1, -0.05) is 24.3 Å². The van der Waals surface area contributed by atoms with Crippen LogP contribution in [0.25, 0.3) is 5.57 Å². The number of rotatable bonds is 7. The molecule has 0 spiro atoms. The maximum atomic E-state index is 13.7. The number of anilines is 2. The minimum absolute atomic E-state index is 0.0626. The van der Waals surface area contributed by atoms with E-state index in [2.05, 4.69) is 5.32 Å². The van der Waals surface area contributed by atoms with Crippen molar-refractivity contribution in [3.63, 3.8) is 0 Å². The van der Waals surface area contributed by atoms with Gasteiger partial charge < -0.3 is 14.8 Å². The summed E-state index contributed by atoms with van der Waals surface area (Å²) in [5.74, 6) is -0.332. The van der Waals surface area contributed by atoms with Crippen LogP contribution >= 0.6 is 0 Å². The third-order valence-corrected chi connectivity index (χ3v) is 4.94. The summed E-state index contributed by atoms with van der Waals surface area (Å²) in [6.07, 6.45) is 0. The predicted octanol–water partition coefficient (Wildman–Crippen LogP) is 4.63. The second kappa shape index (κ2) is 8.93. The number of nitrogens with one attached hydrogen (secondary N) is 1. The fraction of sp³-hybridized carbons (Fsp3) is 0.120. The van der Waals surface area contributed by atoms with Crippen molar-refractivity contribution >= 4 is 28.8 Å². The van der Waals surface area contributed by atoms with Crippen molar-refractivity contribution in [3.05, 3.63) is 89.9 Å². The van der Waals surface area contributed by atoms with Crippen LogP contribution < -0.4 is 19.7 Å². The van der Waals surface area contributed by atoms with Gasteiger partial charge in [-0.15, -0.1) is 0 Å². The van der Waals surface area contributed by atoms with Gasteiger partial charge in [0, 0.05) is 11.8 Å². The number of hydrogen-bond donors (Lipinski definition) is 1. The SMILES string of the molecule is CCOc1cccc(N2C(=O)C(Nc3cccc(F)c3)=C(c3ccc(OC)cc3)C2=O)c1. The first-order valence-electron chi connectivity index (χ1n) is 10.0. The van der Waals surface area contributed by atoms with E-state index in [0.717, 1.165) is 4.90 Å². The van der Waals surface area contributed by atoms with Crippen molar-refractivity contribution in [2.75, 3.05) is 23.9 Å². The Hall–Kier alpha value is -4.13. The highest BCUT2D eigenvalue weighted by atomic mass is 19.1. The molecule has 1 heterocycles. The van der Waals surface area contributed by atoms with Crippen LogP contribution in [0.1, 0.15) is 12.5 Å². The van der Waals surface area contributed by atoms with Gasteiger partial charge in [0.05, 0.1) is 25.0 Å². The smallest absolute Gasteiger partial charge is 0.282 e. The molecule has 0 aliphatic carbocycles. The number of methoxy groups -OCH3 is 1. The Balaban J connectivity index is 1.79. The first-order valence-corrected chi connectivity index (χ1v) is 10.0. The van der Waals surface area contributed by atoms with Gasteiger partial charge in [-0.2, -0.15) is 0 Å². The minimum Gasteiger partial charge on any atom is -0.497 e. The van der Waals surface area contributed by atoms with E-state index >= 15 is 0 Å². The van der Waals surface area contributed by atoms with Crippen molar-refractivity contribution in [1.29, 1.82) is 0 Å². The van der Waals surface area contributed by atoms with Gasteiger partial charge in [-0.3, -0.25) is 9.59 Å². The lowest BCUT2D eigenvalue weighted by molar-refractivity contribution is -0.120. The number of carbonyl (C=O) groups excluding carboxylic acids is 2. The molecular formula is C25H21FN2O4. The third kappa shape index (κ3) is 4.05. The lowest BCUT2D eigenvalue weighted by Gasteiger charge is -2.16. The predicted molar refractivity (Wildman–Crippen MR) is 120 cm³/mol. The summed E-state index contributed by atoms with van der Waals surface area (Å²) in [5.41, 5.74) is 1.52. The minimum atomic E-state index is -0.543. The molecule has 0 saturated carbocycles. The van der Waals surface area contributed by atoms with E-state index in [0.29, 0.717) is 35.0 Å². The Kier molecular flexibility index (Phi) is 5.89. The third-order valence-electron chi connectivity index (χ3n) is 4.94. The molecule has 1 aliphatic heterocycles. The largest absolute Gasteiger partial charge is 0.497 e. The van der Waals surface area contributed by atoms with E-state index in [1.54, 1.807) is 61.7 Å². The summed E-state index contributed by atoms with van der Waals surface area (Å²) in [4.78, 5) is 28.0. The van der Waals surface area contributed by atoms with Crippen LogP contribution in [-0.2, 0) is 9.59 Å². The topological polar surface area (TPSA) is 67.9 Å². The molecule has 4 rings (SSSR count). The number of ether oxygens (including phenoxy) is 2. The summed E-state index contributed by atoms with van der Waals surface area (Å²) < 4.78 is 24.4. The monoisotopic (exact) mass is 432 g/mol. The first-order chi connectivity index (χ1) is 15.5. The van der Waals surface area contributed by atoms with E-state index in [1.165, 1.54) is 18.2 Å². The zero-order valence-electron chi connectivity index (χ0n) is 17.6. The van der Waals surface area contributed by atoms with Crippen molar-refractivity contribution < 1.29 is 23.5 Å². The molecule has 0 fully saturated rings. The van der Waals surface area contributed by atoms with Gasteiger partial charge >= 0.3 is 0 Å². The average molecular weight is 432 g/mol. The van der Waals surface area contributed by atoms with E-state index in [1.807, 2.05) is 6.92 Å². The molecule has 1 N–H and O–H groups in total. The number of nitrogens with zero attached hydrogens (tertiary/aromatic N) is 1. The van der Waals surface area contributed by atoms with Crippen LogP contribution in [0.5, 0.6) is 11.5 Å². The quantitative estimate of drug-likeness (QED) is 0.552. The summed E-state index contributed by atoms with van der Waals surface area (Å²) >= 11 is 0. The molecule has 0 aromatic heterocycles. The highest BCUT2D eigenvalue weighted by Crippen LogP contribution is 2.35. The lowest BCUT2D eigenvalue weighted by Crippen LogP contribution is -2.32. The molecule has 3 aromatic rings. The van der Waals surface area contributed by atoms with Crippen molar-refractivity contribution in [2.24, 2.45) is 0 Å². The second-order valence-corrected chi connectivity index (χ2v) is 6.99. The van der Waals surface area contributed by atoms with Crippen molar-refractivity contribution in [2.45, 2.75) is 6.92 Å². The Bertz CT molecular complexity index is 1200. The molecule has 0 bridgehead atoms. The Morgan fingerprint density at radius 3 is 2.34 bits per heavy atom. The molecular weight excluding hydrogens is 411 g/mol. The first kappa shape index (κ1) is 21.1. The van der Waals surface area contributed by atoms with Crippen molar-refractivity contribution in [1.82, 2.24) is 0 Å². The number of amides is 2. The van der Waals surface area contributed by atoms with Crippen LogP contribution in [0.4, 0.5) is 15.8 Å². The van der Waals surface area contributed by atoms with Gasteiger partial charge in [0.15, 0.2) is 0 Å². The zero-order valence-corrected chi connectivity index (χ0v) is 17.6. The van der Waals surface area contributed by atoms with E-state index < -0.39 is 17.6 Å². The van der Waals surface area contributed by atoms with Gasteiger partial charge in [0.2, 0.25) is 0 Å². The van der Waals surface area contributed by atoms with Crippen LogP contribution in [-0.4, -0.2) is 25.5 Å². The summed E-state index contributed by atoms with van der Waals surface area (Å²) in [7, 11) is 1.54. The zero-order chi connectivity index (χ0) is 22.7. The summed E-state index contributed by atoms with van der Waals surface area (Å²) in [5, 5.41) is 2.94. The number of halogens is 1. The molecule has 32 heavy (non-hydrogen) atoms. The average Bonchev–Trinajstić information content (AvgIpc) is 3.03. The molecule has 3 aromatic carbocycles. The highest BCUT2D eigenvalue weighted by Gasteiger charge is 2.40. The molecule has 6 nitrogen and oxygen atoms in total. The van der Waals surface area contributed by atoms with Gasteiger partial charge in [0.1, 0.15) is 23.0 Å². The lowest BCUT2D eigenvalue weighted by atomic mass is 10.0. The van der Waals surface area contributed by atoms with Crippen LogP contribution in [0.2, 0.25) is 0 Å². The fourth-order valence-electron chi connectivity index (χ4n) is 3.50. The number of carbonyl (C=O) groups is 2. The van der Waals surface area contributed by atoms with Gasteiger partial charge in [-0.05, 0) is 55.0 Å². The molecule has 0 radical (unpaired) electrons. The maximum absolute atomic E-state index is 13.7.